The van der Waals surface area contributed by atoms with Crippen LogP contribution in [-0.2, 0) is 14.3 Å². The van der Waals surface area contributed by atoms with Crippen molar-refractivity contribution in [2.24, 2.45) is 11.8 Å². The predicted octanol–water partition coefficient (Wildman–Crippen LogP) is 3.33. The van der Waals surface area contributed by atoms with Crippen LogP contribution < -0.4 is 0 Å². The lowest BCUT2D eigenvalue weighted by Gasteiger charge is -2.31. The highest BCUT2D eigenvalue weighted by Crippen LogP contribution is 2.38. The minimum absolute atomic E-state index is 0.0206. The summed E-state index contributed by atoms with van der Waals surface area (Å²) in [5, 5.41) is -0.0206. The topological polar surface area (TPSA) is 43.4 Å². The summed E-state index contributed by atoms with van der Waals surface area (Å²) in [6.45, 7) is 4.16. The molecular formula is C16H20O3S. The summed E-state index contributed by atoms with van der Waals surface area (Å²) < 4.78 is 5.08. The van der Waals surface area contributed by atoms with Gasteiger partial charge in [-0.25, -0.2) is 0 Å². The van der Waals surface area contributed by atoms with Crippen LogP contribution in [0.1, 0.15) is 26.7 Å². The highest BCUT2D eigenvalue weighted by Gasteiger charge is 2.41. The van der Waals surface area contributed by atoms with Gasteiger partial charge in [0, 0.05) is 16.6 Å². The molecule has 4 heteroatoms. The van der Waals surface area contributed by atoms with Gasteiger partial charge in [0.15, 0.2) is 0 Å². The van der Waals surface area contributed by atoms with Gasteiger partial charge in [-0.3, -0.25) is 9.59 Å². The Kier molecular flexibility index (Phi) is 5.24. The molecule has 1 aromatic rings. The number of hydrogen-bond acceptors (Lipinski definition) is 4. The van der Waals surface area contributed by atoms with Gasteiger partial charge >= 0.3 is 5.97 Å². The van der Waals surface area contributed by atoms with Crippen LogP contribution in [0.2, 0.25) is 0 Å². The normalized spacial score (nSPS) is 26.3. The molecule has 108 valence electrons. The van der Waals surface area contributed by atoms with Crippen molar-refractivity contribution >= 4 is 23.5 Å². The summed E-state index contributed by atoms with van der Waals surface area (Å²) in [5.74, 6) is -0.626. The van der Waals surface area contributed by atoms with Crippen molar-refractivity contribution in [2.45, 2.75) is 36.8 Å². The lowest BCUT2D eigenvalue weighted by Crippen LogP contribution is -2.40. The number of ketones is 1. The molecule has 3 nitrogen and oxygen atoms in total. The molecule has 0 heterocycles. The van der Waals surface area contributed by atoms with Gasteiger partial charge in [0.05, 0.1) is 6.61 Å². The van der Waals surface area contributed by atoms with Gasteiger partial charge in [-0.15, -0.1) is 11.8 Å². The largest absolute Gasteiger partial charge is 0.465 e. The number of ether oxygens (including phenoxy) is 1. The molecule has 0 N–H and O–H groups in total. The summed E-state index contributed by atoms with van der Waals surface area (Å²) in [6.07, 6.45) is 1.35. The number of thioether (sulfide) groups is 1. The summed E-state index contributed by atoms with van der Waals surface area (Å²) in [5.41, 5.74) is 0. The highest BCUT2D eigenvalue weighted by atomic mass is 32.2. The molecule has 3 atom stereocenters. The van der Waals surface area contributed by atoms with Crippen molar-refractivity contribution in [2.75, 3.05) is 6.61 Å². The molecule has 1 aromatic carbocycles. The first-order valence-corrected chi connectivity index (χ1v) is 7.90. The number of benzene rings is 1. The fourth-order valence-corrected chi connectivity index (χ4v) is 4.09. The van der Waals surface area contributed by atoms with Gasteiger partial charge in [0.25, 0.3) is 0 Å². The van der Waals surface area contributed by atoms with Crippen molar-refractivity contribution < 1.29 is 14.3 Å². The maximum absolute atomic E-state index is 12.2. The van der Waals surface area contributed by atoms with Crippen LogP contribution in [0.25, 0.3) is 0 Å². The molecular weight excluding hydrogens is 272 g/mol. The van der Waals surface area contributed by atoms with Crippen molar-refractivity contribution in [3.8, 4) is 0 Å². The SMILES string of the molecule is CCOC(=O)C1C(=O)CC(C)CC1Sc1ccccc1. The van der Waals surface area contributed by atoms with Crippen molar-refractivity contribution in [3.63, 3.8) is 0 Å². The summed E-state index contributed by atoms with van der Waals surface area (Å²) in [7, 11) is 0. The van der Waals surface area contributed by atoms with Crippen LogP contribution in [0.4, 0.5) is 0 Å². The first-order valence-electron chi connectivity index (χ1n) is 7.02. The Morgan fingerprint density at radius 2 is 2.05 bits per heavy atom. The zero-order valence-corrected chi connectivity index (χ0v) is 12.7. The van der Waals surface area contributed by atoms with Crippen LogP contribution in [0.5, 0.6) is 0 Å². The zero-order chi connectivity index (χ0) is 14.5. The lowest BCUT2D eigenvalue weighted by molar-refractivity contribution is -0.152. The van der Waals surface area contributed by atoms with E-state index < -0.39 is 5.92 Å². The Bertz CT molecular complexity index is 464. The van der Waals surface area contributed by atoms with E-state index in [-0.39, 0.29) is 17.0 Å². The van der Waals surface area contributed by atoms with Gasteiger partial charge in [-0.2, -0.15) is 0 Å². The average Bonchev–Trinajstić information content (AvgIpc) is 2.39. The Labute approximate surface area is 124 Å². The number of hydrogen-bond donors (Lipinski definition) is 0. The summed E-state index contributed by atoms with van der Waals surface area (Å²) in [4.78, 5) is 25.4. The predicted molar refractivity (Wildman–Crippen MR) is 79.6 cm³/mol. The summed E-state index contributed by atoms with van der Waals surface area (Å²) >= 11 is 1.61. The van der Waals surface area contributed by atoms with Gasteiger partial charge in [0.1, 0.15) is 11.7 Å². The Hall–Kier alpha value is -1.29. The van der Waals surface area contributed by atoms with Gasteiger partial charge in [0.2, 0.25) is 0 Å². The molecule has 0 saturated heterocycles. The minimum Gasteiger partial charge on any atom is -0.465 e. The van der Waals surface area contributed by atoms with Crippen LogP contribution in [0.3, 0.4) is 0 Å². The van der Waals surface area contributed by atoms with E-state index in [1.807, 2.05) is 30.3 Å². The van der Waals surface area contributed by atoms with E-state index in [1.54, 1.807) is 18.7 Å². The molecule has 2 rings (SSSR count). The second kappa shape index (κ2) is 6.93. The number of esters is 1. The van der Waals surface area contributed by atoms with Crippen LogP contribution in [0, 0.1) is 11.8 Å². The van der Waals surface area contributed by atoms with Gasteiger partial charge in [-0.05, 0) is 31.4 Å². The van der Waals surface area contributed by atoms with Crippen LogP contribution in [-0.4, -0.2) is 23.6 Å². The minimum atomic E-state index is -0.614. The van der Waals surface area contributed by atoms with E-state index >= 15 is 0 Å². The Balaban J connectivity index is 2.16. The first-order chi connectivity index (χ1) is 9.61. The summed E-state index contributed by atoms with van der Waals surface area (Å²) in [6, 6.07) is 9.92. The third kappa shape index (κ3) is 3.63. The molecule has 0 radical (unpaired) electrons. The van der Waals surface area contributed by atoms with E-state index in [2.05, 4.69) is 6.92 Å². The number of carbonyl (C=O) groups excluding carboxylic acids is 2. The molecule has 0 amide bonds. The van der Waals surface area contributed by atoms with Gasteiger partial charge < -0.3 is 4.74 Å². The molecule has 1 aliphatic carbocycles. The Morgan fingerprint density at radius 3 is 2.70 bits per heavy atom. The van der Waals surface area contributed by atoms with E-state index in [4.69, 9.17) is 4.74 Å². The lowest BCUT2D eigenvalue weighted by atomic mass is 9.81. The van der Waals surface area contributed by atoms with E-state index in [0.29, 0.717) is 18.9 Å². The fourth-order valence-electron chi connectivity index (χ4n) is 2.60. The van der Waals surface area contributed by atoms with Crippen molar-refractivity contribution in [3.05, 3.63) is 30.3 Å². The van der Waals surface area contributed by atoms with E-state index in [1.165, 1.54) is 0 Å². The Morgan fingerprint density at radius 1 is 1.35 bits per heavy atom. The molecule has 0 spiro atoms. The average molecular weight is 292 g/mol. The van der Waals surface area contributed by atoms with E-state index in [0.717, 1.165) is 11.3 Å². The monoisotopic (exact) mass is 292 g/mol. The van der Waals surface area contributed by atoms with Gasteiger partial charge in [-0.1, -0.05) is 25.1 Å². The molecule has 0 bridgehead atoms. The third-order valence-electron chi connectivity index (χ3n) is 3.47. The maximum Gasteiger partial charge on any atom is 0.317 e. The first kappa shape index (κ1) is 15.1. The van der Waals surface area contributed by atoms with Crippen LogP contribution >= 0.6 is 11.8 Å². The molecule has 1 saturated carbocycles. The van der Waals surface area contributed by atoms with Crippen LogP contribution in [0.15, 0.2) is 35.2 Å². The molecule has 0 aliphatic heterocycles. The molecule has 1 fully saturated rings. The standard InChI is InChI=1S/C16H20O3S/c1-3-19-16(18)15-13(17)9-11(2)10-14(15)20-12-7-5-4-6-8-12/h4-8,11,14-15H,3,9-10H2,1-2H3. The second-order valence-corrected chi connectivity index (χ2v) is 6.52. The molecule has 3 unspecified atom stereocenters. The molecule has 0 aromatic heterocycles. The second-order valence-electron chi connectivity index (χ2n) is 5.21. The third-order valence-corrected chi connectivity index (χ3v) is 4.79. The smallest absolute Gasteiger partial charge is 0.317 e. The van der Waals surface area contributed by atoms with Crippen molar-refractivity contribution in [1.29, 1.82) is 0 Å². The quantitative estimate of drug-likeness (QED) is 0.630. The fraction of sp³-hybridized carbons (Fsp3) is 0.500. The highest BCUT2D eigenvalue weighted by molar-refractivity contribution is 8.00. The molecule has 1 aliphatic rings. The number of Topliss-reactive ketones (excluding diaryl/α,β-unsaturated/α-hetero) is 1. The van der Waals surface area contributed by atoms with E-state index in [9.17, 15) is 9.59 Å². The zero-order valence-electron chi connectivity index (χ0n) is 11.9. The van der Waals surface area contributed by atoms with Crippen molar-refractivity contribution in [1.82, 2.24) is 0 Å². The maximum atomic E-state index is 12.2. The number of carbonyl (C=O) groups is 2. The molecule has 20 heavy (non-hydrogen) atoms. The number of rotatable bonds is 4.